The highest BCUT2D eigenvalue weighted by atomic mass is 35.5. The van der Waals surface area contributed by atoms with Crippen LogP contribution in [0, 0.1) is 6.92 Å². The van der Waals surface area contributed by atoms with E-state index in [-0.39, 0.29) is 12.4 Å². The van der Waals surface area contributed by atoms with Crippen LogP contribution in [0.2, 0.25) is 10.0 Å². The van der Waals surface area contributed by atoms with E-state index in [1.165, 1.54) is 0 Å². The zero-order chi connectivity index (χ0) is 16.1. The molecule has 0 saturated carbocycles. The number of benzene rings is 1. The van der Waals surface area contributed by atoms with Gasteiger partial charge in [0.05, 0.1) is 0 Å². The fourth-order valence-corrected chi connectivity index (χ4v) is 3.48. The molecule has 0 spiro atoms. The van der Waals surface area contributed by atoms with Crippen molar-refractivity contribution in [3.8, 4) is 0 Å². The molecule has 7 heteroatoms. The Balaban J connectivity index is 0.00000264. The maximum atomic E-state index is 6.20. The van der Waals surface area contributed by atoms with Crippen LogP contribution in [0.15, 0.2) is 29.6 Å². The summed E-state index contributed by atoms with van der Waals surface area (Å²) in [7, 11) is 0. The van der Waals surface area contributed by atoms with Crippen LogP contribution in [0.25, 0.3) is 0 Å². The van der Waals surface area contributed by atoms with Gasteiger partial charge in [0.1, 0.15) is 5.82 Å². The van der Waals surface area contributed by atoms with Gasteiger partial charge in [0, 0.05) is 40.6 Å². The molecule has 1 aromatic carbocycles. The summed E-state index contributed by atoms with van der Waals surface area (Å²) in [5, 5.41) is 2.09. The van der Waals surface area contributed by atoms with Gasteiger partial charge in [0.15, 0.2) is 5.16 Å². The zero-order valence-electron chi connectivity index (χ0n) is 13.3. The smallest absolute Gasteiger partial charge is 0.189 e. The van der Waals surface area contributed by atoms with E-state index < -0.39 is 0 Å². The predicted molar refractivity (Wildman–Crippen MR) is 104 cm³/mol. The van der Waals surface area contributed by atoms with E-state index in [0.29, 0.717) is 10.0 Å². The van der Waals surface area contributed by atoms with Crippen molar-refractivity contribution in [1.29, 1.82) is 0 Å². The lowest BCUT2D eigenvalue weighted by molar-refractivity contribution is 0.810. The van der Waals surface area contributed by atoms with Crippen LogP contribution in [-0.4, -0.2) is 23.1 Å². The molecule has 0 atom stereocenters. The number of aryl methyl sites for hydroxylation is 1. The van der Waals surface area contributed by atoms with Crippen LogP contribution in [0.3, 0.4) is 0 Å². The number of halogens is 3. The van der Waals surface area contributed by atoms with E-state index in [2.05, 4.69) is 28.7 Å². The molecule has 0 aliphatic rings. The second kappa shape index (κ2) is 9.58. The predicted octanol–water partition coefficient (Wildman–Crippen LogP) is 5.65. The molecule has 3 nitrogen and oxygen atoms in total. The maximum Gasteiger partial charge on any atom is 0.189 e. The van der Waals surface area contributed by atoms with Crippen LogP contribution >= 0.6 is 47.4 Å². The van der Waals surface area contributed by atoms with Gasteiger partial charge in [0.25, 0.3) is 0 Å². The van der Waals surface area contributed by atoms with Crippen molar-refractivity contribution in [3.63, 3.8) is 0 Å². The summed E-state index contributed by atoms with van der Waals surface area (Å²) in [6.07, 6.45) is 1.88. The van der Waals surface area contributed by atoms with Gasteiger partial charge in [-0.15, -0.1) is 12.4 Å². The molecule has 0 bridgehead atoms. The summed E-state index contributed by atoms with van der Waals surface area (Å²) < 4.78 is 0. The molecule has 23 heavy (non-hydrogen) atoms. The van der Waals surface area contributed by atoms with E-state index in [4.69, 9.17) is 23.2 Å². The number of thioether (sulfide) groups is 1. The van der Waals surface area contributed by atoms with Crippen LogP contribution in [0.1, 0.15) is 25.0 Å². The van der Waals surface area contributed by atoms with Crippen molar-refractivity contribution in [2.75, 3.05) is 18.0 Å². The highest BCUT2D eigenvalue weighted by Crippen LogP contribution is 2.28. The lowest BCUT2D eigenvalue weighted by Gasteiger charge is -2.21. The first kappa shape index (κ1) is 20.4. The second-order valence-electron chi connectivity index (χ2n) is 4.86. The van der Waals surface area contributed by atoms with Crippen molar-refractivity contribution in [2.45, 2.75) is 31.7 Å². The third-order valence-corrected chi connectivity index (χ3v) is 4.85. The van der Waals surface area contributed by atoms with Gasteiger partial charge in [-0.25, -0.2) is 9.97 Å². The summed E-state index contributed by atoms with van der Waals surface area (Å²) in [5.74, 6) is 1.72. The van der Waals surface area contributed by atoms with E-state index in [1.807, 2.05) is 25.3 Å². The normalized spacial score (nSPS) is 10.3. The van der Waals surface area contributed by atoms with E-state index >= 15 is 0 Å². The molecule has 0 fully saturated rings. The third kappa shape index (κ3) is 5.42. The summed E-state index contributed by atoms with van der Waals surface area (Å²) in [6.45, 7) is 8.16. The Morgan fingerprint density at radius 1 is 1.17 bits per heavy atom. The highest BCUT2D eigenvalue weighted by Gasteiger charge is 2.10. The molecule has 2 rings (SSSR count). The zero-order valence-corrected chi connectivity index (χ0v) is 16.5. The monoisotopic (exact) mass is 391 g/mol. The van der Waals surface area contributed by atoms with E-state index in [9.17, 15) is 0 Å². The maximum absolute atomic E-state index is 6.20. The molecule has 0 unspecified atom stereocenters. The Hall–Kier alpha value is -0.680. The number of hydrogen-bond donors (Lipinski definition) is 0. The lowest BCUT2D eigenvalue weighted by atomic mass is 10.2. The Kier molecular flexibility index (Phi) is 8.48. The summed E-state index contributed by atoms with van der Waals surface area (Å²) >= 11 is 13.7. The molecule has 1 heterocycles. The molecule has 126 valence electrons. The third-order valence-electron chi connectivity index (χ3n) is 3.36. The largest absolute Gasteiger partial charge is 0.357 e. The van der Waals surface area contributed by atoms with Gasteiger partial charge in [-0.1, -0.05) is 41.0 Å². The second-order valence-corrected chi connectivity index (χ2v) is 6.64. The Morgan fingerprint density at radius 3 is 2.48 bits per heavy atom. The van der Waals surface area contributed by atoms with Crippen molar-refractivity contribution in [2.24, 2.45) is 0 Å². The molecular formula is C16H20Cl3N3S. The fraction of sp³-hybridized carbons (Fsp3) is 0.375. The first-order valence-corrected chi connectivity index (χ1v) is 8.94. The van der Waals surface area contributed by atoms with Gasteiger partial charge >= 0.3 is 0 Å². The molecule has 0 radical (unpaired) electrons. The Bertz CT molecular complexity index is 648. The molecule has 0 N–H and O–H groups in total. The fourth-order valence-electron chi connectivity index (χ4n) is 2.11. The van der Waals surface area contributed by atoms with Crippen molar-refractivity contribution in [3.05, 3.63) is 45.6 Å². The van der Waals surface area contributed by atoms with Gasteiger partial charge in [-0.2, -0.15) is 0 Å². The summed E-state index contributed by atoms with van der Waals surface area (Å²) in [5.41, 5.74) is 2.13. The number of anilines is 1. The molecule has 0 amide bonds. The Morgan fingerprint density at radius 2 is 1.87 bits per heavy atom. The van der Waals surface area contributed by atoms with Crippen molar-refractivity contribution >= 4 is 53.2 Å². The minimum absolute atomic E-state index is 0. The number of aromatic nitrogens is 2. The van der Waals surface area contributed by atoms with E-state index in [1.54, 1.807) is 17.8 Å². The average molecular weight is 393 g/mol. The number of nitrogens with zero attached hydrogens (tertiary/aromatic N) is 3. The van der Waals surface area contributed by atoms with Crippen LogP contribution in [-0.2, 0) is 5.75 Å². The molecule has 0 saturated heterocycles. The van der Waals surface area contributed by atoms with E-state index in [0.717, 1.165) is 40.9 Å². The van der Waals surface area contributed by atoms with Crippen molar-refractivity contribution < 1.29 is 0 Å². The average Bonchev–Trinajstić information content (AvgIpc) is 2.50. The first-order chi connectivity index (χ1) is 10.5. The van der Waals surface area contributed by atoms with Crippen LogP contribution < -0.4 is 4.90 Å². The first-order valence-electron chi connectivity index (χ1n) is 7.20. The van der Waals surface area contributed by atoms with Gasteiger partial charge in [-0.3, -0.25) is 0 Å². The van der Waals surface area contributed by atoms with Crippen molar-refractivity contribution in [1.82, 2.24) is 9.97 Å². The quantitative estimate of drug-likeness (QED) is 0.469. The minimum Gasteiger partial charge on any atom is -0.357 e. The van der Waals surface area contributed by atoms with Crippen LogP contribution in [0.5, 0.6) is 0 Å². The molecule has 0 aliphatic carbocycles. The topological polar surface area (TPSA) is 29.0 Å². The number of hydrogen-bond acceptors (Lipinski definition) is 4. The lowest BCUT2D eigenvalue weighted by Crippen LogP contribution is -2.24. The van der Waals surface area contributed by atoms with Gasteiger partial charge < -0.3 is 4.90 Å². The number of rotatable bonds is 6. The molecule has 0 aliphatic heterocycles. The minimum atomic E-state index is 0. The molecule has 2 aromatic rings. The summed E-state index contributed by atoms with van der Waals surface area (Å²) in [6, 6.07) is 5.55. The summed E-state index contributed by atoms with van der Waals surface area (Å²) in [4.78, 5) is 11.3. The standard InChI is InChI=1S/C16H19Cl2N3S.ClH/c1-4-21(5-2)15-11(3)9-19-16(20-15)22-10-12-6-7-13(17)8-14(12)18;/h6-9H,4-5,10H2,1-3H3;1H. The molecular weight excluding hydrogens is 373 g/mol. The van der Waals surface area contributed by atoms with Gasteiger partial charge in [0.2, 0.25) is 0 Å². The highest BCUT2D eigenvalue weighted by molar-refractivity contribution is 7.98. The van der Waals surface area contributed by atoms with Crippen LogP contribution in [0.4, 0.5) is 5.82 Å². The SMILES string of the molecule is CCN(CC)c1nc(SCc2ccc(Cl)cc2Cl)ncc1C.Cl. The van der Waals surface area contributed by atoms with Gasteiger partial charge in [-0.05, 0) is 38.5 Å². The Labute approximate surface area is 158 Å². The molecule has 1 aromatic heterocycles.